The molecule has 1 fully saturated rings. The molecule has 0 radical (unpaired) electrons. The molecule has 25 nitrogen and oxygen atoms in total. The second-order valence-corrected chi connectivity index (χ2v) is 18.9. The van der Waals surface area contributed by atoms with Crippen LogP contribution < -0.4 is 70.4 Å². The maximum absolute atomic E-state index is 14.6. The molecule has 1 aliphatic rings. The van der Waals surface area contributed by atoms with Gasteiger partial charge >= 0.3 is 0 Å². The number of carbonyl (C=O) groups excluding carboxylic acids is 9. The van der Waals surface area contributed by atoms with Crippen molar-refractivity contribution in [1.29, 1.82) is 10.8 Å². The zero-order chi connectivity index (χ0) is 55.0. The monoisotopic (exact) mass is 1040 g/mol. The Balaban J connectivity index is 1.77. The number of benzene rings is 2. The van der Waals surface area contributed by atoms with E-state index in [0.717, 1.165) is 10.9 Å². The van der Waals surface area contributed by atoms with Crippen LogP contribution in [0.4, 0.5) is 0 Å². The van der Waals surface area contributed by atoms with Crippen molar-refractivity contribution in [2.75, 3.05) is 19.6 Å². The number of nitrogens with two attached hydrogens (primary N) is 3. The van der Waals surface area contributed by atoms with Crippen LogP contribution in [0.1, 0.15) is 89.7 Å². The smallest absolute Gasteiger partial charge is 0.243 e. The third-order valence-corrected chi connectivity index (χ3v) is 12.2. The molecule has 25 heteroatoms. The molecule has 1 aliphatic heterocycles. The SMILES string of the molecule is CC(=O)N[C@@H](CCCNC(=N)N)C(=O)N[C@H]1CC(=O)NCCCC[C@@H](C(N)=O)NC(=O)[C@H](Cc2c[nH]c3ccccc23)NC(=O)[C@H](CCCNC(=N)N)NC(=O)[C@@H](Cc2ccccc2)NC(=O)[C@@H](CC(C)C)NC1=O. The second kappa shape index (κ2) is 30.1. The summed E-state index contributed by atoms with van der Waals surface area (Å²) in [5.41, 5.74) is 18.7. The number of hydrogen-bond acceptors (Lipinski definition) is 11. The van der Waals surface area contributed by atoms with Crippen molar-refractivity contribution in [3.63, 3.8) is 0 Å². The van der Waals surface area contributed by atoms with Crippen LogP contribution in [0.3, 0.4) is 0 Å². The molecule has 75 heavy (non-hydrogen) atoms. The largest absolute Gasteiger partial charge is 0.370 e. The van der Waals surface area contributed by atoms with Crippen LogP contribution in [0.15, 0.2) is 60.8 Å². The highest BCUT2D eigenvalue weighted by Crippen LogP contribution is 2.20. The Morgan fingerprint density at radius 2 is 1.29 bits per heavy atom. The number of primary amides is 1. The first-order valence-corrected chi connectivity index (χ1v) is 25.1. The van der Waals surface area contributed by atoms with E-state index >= 15 is 0 Å². The Bertz CT molecular complexity index is 2480. The number of aromatic nitrogens is 1. The molecule has 2 heterocycles. The highest BCUT2D eigenvalue weighted by atomic mass is 16.2. The van der Waals surface area contributed by atoms with Gasteiger partial charge in [-0.15, -0.1) is 0 Å². The summed E-state index contributed by atoms with van der Waals surface area (Å²) in [5.74, 6) is -7.85. The first-order chi connectivity index (χ1) is 35.7. The molecular weight excluding hydrogens is 969 g/mol. The summed E-state index contributed by atoms with van der Waals surface area (Å²) < 4.78 is 0. The number of carbonyl (C=O) groups is 9. The summed E-state index contributed by atoms with van der Waals surface area (Å²) >= 11 is 0. The van der Waals surface area contributed by atoms with Crippen LogP contribution in [0.2, 0.25) is 0 Å². The van der Waals surface area contributed by atoms with E-state index in [1.54, 1.807) is 50.4 Å². The standard InChI is InChI=1S/C50H74N16O9/c1-28(2)23-37-45(72)64-38(24-30-13-5-4-6-14-30)46(73)62-36(19-12-22-58-50(54)55)44(71)65-39(25-31-27-59-33-16-8-7-15-32(31)33)47(74)61-34(42(51)69)17-9-10-20-56-41(68)26-40(48(75)63-37)66-43(70)35(60-29(3)67)18-11-21-57-49(52)53/h4-8,13-16,27-28,34-40,59H,9-12,17-26H2,1-3H3,(H2,51,69)(H,56,68)(H,60,67)(H,61,74)(H,62,73)(H,63,75)(H,64,72)(H,65,71)(H,66,70)(H4,52,53,57)(H4,54,55,58)/t34-,35-,36-,37+,38+,39-,40-/m0/s1. The van der Waals surface area contributed by atoms with Gasteiger partial charge in [0, 0.05) is 56.5 Å². The Labute approximate surface area is 435 Å². The number of nitrogens with one attached hydrogen (secondary N) is 13. The van der Waals surface area contributed by atoms with Gasteiger partial charge in [-0.3, -0.25) is 54.0 Å². The predicted molar refractivity (Wildman–Crippen MR) is 280 cm³/mol. The van der Waals surface area contributed by atoms with Crippen molar-refractivity contribution >= 4 is 76.0 Å². The molecule has 408 valence electrons. The van der Waals surface area contributed by atoms with Crippen molar-refractivity contribution in [2.45, 2.75) is 134 Å². The Hall–Kier alpha value is -8.25. The lowest BCUT2D eigenvalue weighted by molar-refractivity contribution is -0.136. The minimum Gasteiger partial charge on any atom is -0.370 e. The number of rotatable bonds is 18. The summed E-state index contributed by atoms with van der Waals surface area (Å²) in [6.07, 6.45) is 1.97. The lowest BCUT2D eigenvalue weighted by Crippen LogP contribution is -2.61. The van der Waals surface area contributed by atoms with E-state index in [2.05, 4.69) is 58.2 Å². The molecule has 4 rings (SSSR count). The second-order valence-electron chi connectivity index (χ2n) is 18.9. The lowest BCUT2D eigenvalue weighted by atomic mass is 9.99. The molecule has 9 amide bonds. The van der Waals surface area contributed by atoms with Gasteiger partial charge in [-0.1, -0.05) is 62.4 Å². The number of hydrogen-bond donors (Lipinski definition) is 16. The Kier molecular flexibility index (Phi) is 23.8. The van der Waals surface area contributed by atoms with Gasteiger partial charge in [-0.25, -0.2) is 0 Å². The summed E-state index contributed by atoms with van der Waals surface area (Å²) in [5, 5.41) is 42.6. The highest BCUT2D eigenvalue weighted by Gasteiger charge is 2.35. The van der Waals surface area contributed by atoms with Crippen molar-refractivity contribution < 1.29 is 43.2 Å². The molecular formula is C50H74N16O9. The topological polar surface area (TPSA) is 415 Å². The number of H-pyrrole nitrogens is 1. The number of guanidine groups is 2. The minimum absolute atomic E-state index is 0.0289. The van der Waals surface area contributed by atoms with E-state index in [4.69, 9.17) is 28.0 Å². The number of amides is 9. The number of para-hydroxylation sites is 1. The fraction of sp³-hybridized carbons (Fsp3) is 0.500. The predicted octanol–water partition coefficient (Wildman–Crippen LogP) is -1.89. The van der Waals surface area contributed by atoms with Gasteiger partial charge in [0.1, 0.15) is 42.3 Å². The van der Waals surface area contributed by atoms with E-state index < -0.39 is 102 Å². The molecule has 2 aromatic carbocycles. The van der Waals surface area contributed by atoms with Gasteiger partial charge in [-0.05, 0) is 74.5 Å². The third kappa shape index (κ3) is 20.7. The summed E-state index contributed by atoms with van der Waals surface area (Å²) in [7, 11) is 0. The number of aromatic amines is 1. The van der Waals surface area contributed by atoms with Crippen LogP contribution in [0, 0.1) is 16.7 Å². The molecule has 1 saturated heterocycles. The van der Waals surface area contributed by atoms with Gasteiger partial charge in [0.25, 0.3) is 0 Å². The van der Waals surface area contributed by atoms with Crippen LogP contribution in [0.25, 0.3) is 10.9 Å². The van der Waals surface area contributed by atoms with Crippen molar-refractivity contribution in [1.82, 2.24) is 58.2 Å². The zero-order valence-electron chi connectivity index (χ0n) is 42.7. The van der Waals surface area contributed by atoms with Crippen LogP contribution in [-0.2, 0) is 56.0 Å². The van der Waals surface area contributed by atoms with E-state index in [9.17, 15) is 43.2 Å². The molecule has 3 aromatic rings. The Morgan fingerprint density at radius 1 is 0.707 bits per heavy atom. The normalized spacial score (nSPS) is 21.2. The van der Waals surface area contributed by atoms with Gasteiger partial charge < -0.3 is 75.4 Å². The van der Waals surface area contributed by atoms with Crippen molar-refractivity contribution in [3.8, 4) is 0 Å². The fourth-order valence-electron chi connectivity index (χ4n) is 8.42. The first-order valence-electron chi connectivity index (χ1n) is 25.1. The van der Waals surface area contributed by atoms with Crippen LogP contribution in [-0.4, -0.2) is 132 Å². The molecule has 0 saturated carbocycles. The molecule has 7 atom stereocenters. The van der Waals surface area contributed by atoms with Gasteiger partial charge in [0.15, 0.2) is 11.9 Å². The van der Waals surface area contributed by atoms with Crippen LogP contribution in [0.5, 0.6) is 0 Å². The fourth-order valence-corrected chi connectivity index (χ4v) is 8.42. The zero-order valence-corrected chi connectivity index (χ0v) is 42.7. The molecule has 0 spiro atoms. The molecule has 0 unspecified atom stereocenters. The number of fused-ring (bicyclic) bond motifs is 1. The quantitative estimate of drug-likeness (QED) is 0.0377. The average Bonchev–Trinajstić information content (AvgIpc) is 3.76. The molecule has 0 aliphatic carbocycles. The van der Waals surface area contributed by atoms with Gasteiger partial charge in [0.2, 0.25) is 53.2 Å². The molecule has 1 aromatic heterocycles. The maximum atomic E-state index is 14.6. The summed E-state index contributed by atoms with van der Waals surface area (Å²) in [6.45, 7) is 5.14. The molecule has 0 bridgehead atoms. The van der Waals surface area contributed by atoms with Gasteiger partial charge in [-0.2, -0.15) is 0 Å². The van der Waals surface area contributed by atoms with E-state index in [-0.39, 0.29) is 102 Å². The molecule has 19 N–H and O–H groups in total. The Morgan fingerprint density at radius 3 is 1.95 bits per heavy atom. The first kappa shape index (κ1) is 59.3. The van der Waals surface area contributed by atoms with E-state index in [1.807, 2.05) is 24.3 Å². The average molecular weight is 1040 g/mol. The lowest BCUT2D eigenvalue weighted by Gasteiger charge is -2.28. The van der Waals surface area contributed by atoms with Crippen molar-refractivity contribution in [3.05, 3.63) is 71.9 Å². The van der Waals surface area contributed by atoms with Crippen molar-refractivity contribution in [2.24, 2.45) is 23.1 Å². The maximum Gasteiger partial charge on any atom is 0.243 e. The third-order valence-electron chi connectivity index (χ3n) is 12.2. The minimum atomic E-state index is -1.60. The summed E-state index contributed by atoms with van der Waals surface area (Å²) in [6, 6.07) is 6.64. The summed E-state index contributed by atoms with van der Waals surface area (Å²) in [4.78, 5) is 128. The highest BCUT2D eigenvalue weighted by molar-refractivity contribution is 5.99. The van der Waals surface area contributed by atoms with E-state index in [0.29, 0.717) is 11.1 Å². The van der Waals surface area contributed by atoms with Gasteiger partial charge in [0.05, 0.1) is 6.42 Å². The van der Waals surface area contributed by atoms with E-state index in [1.165, 1.54) is 6.92 Å². The van der Waals surface area contributed by atoms with Crippen LogP contribution >= 0.6 is 0 Å².